The summed E-state index contributed by atoms with van der Waals surface area (Å²) in [5.41, 5.74) is 2.53. The Morgan fingerprint density at radius 3 is 2.20 bits per heavy atom. The van der Waals surface area contributed by atoms with Crippen LogP contribution in [0.5, 0.6) is 0 Å². The molecule has 0 aliphatic carbocycles. The summed E-state index contributed by atoms with van der Waals surface area (Å²) in [7, 11) is 0. The number of aryl methyl sites for hydroxylation is 1. The Labute approximate surface area is 125 Å². The summed E-state index contributed by atoms with van der Waals surface area (Å²) in [5, 5.41) is 2.15. The van der Waals surface area contributed by atoms with E-state index < -0.39 is 0 Å². The van der Waals surface area contributed by atoms with Crippen molar-refractivity contribution in [2.75, 3.05) is 0 Å². The number of thiol groups is 1. The Balaban J connectivity index is 1.77. The molecule has 1 heteroatoms. The van der Waals surface area contributed by atoms with Crippen LogP contribution in [0.15, 0.2) is 89.2 Å². The van der Waals surface area contributed by atoms with E-state index in [0.29, 0.717) is 0 Å². The molecular formula is C19H19S+. The van der Waals surface area contributed by atoms with Crippen molar-refractivity contribution in [3.63, 3.8) is 0 Å². The molecule has 0 nitrogen and oxygen atoms in total. The van der Waals surface area contributed by atoms with Crippen LogP contribution in [0.1, 0.15) is 11.1 Å². The second-order valence-corrected chi connectivity index (χ2v) is 5.53. The molecule has 0 bridgehead atoms. The van der Waals surface area contributed by atoms with Crippen LogP contribution in [0.25, 0.3) is 6.08 Å². The summed E-state index contributed by atoms with van der Waals surface area (Å²) in [6, 6.07) is 18.9. The molecule has 0 N–H and O–H groups in total. The minimum Gasteiger partial charge on any atom is -0.0622 e. The number of allylic oxidation sites excluding steroid dienone is 4. The molecule has 0 amide bonds. The molecule has 0 saturated heterocycles. The number of rotatable bonds is 5. The van der Waals surface area contributed by atoms with E-state index in [9.17, 15) is 0 Å². The Bertz CT molecular complexity index is 589. The monoisotopic (exact) mass is 279 g/mol. The fraction of sp³-hybridized carbons (Fsp3) is 0.0526. The molecule has 0 spiro atoms. The quantitative estimate of drug-likeness (QED) is 0.412. The zero-order valence-electron chi connectivity index (χ0n) is 11.6. The summed E-state index contributed by atoms with van der Waals surface area (Å²) in [6.07, 6.45) is 10.3. The molecule has 0 aliphatic rings. The van der Waals surface area contributed by atoms with Crippen molar-refractivity contribution < 1.29 is 0 Å². The van der Waals surface area contributed by atoms with Crippen molar-refractivity contribution in [3.8, 4) is 0 Å². The predicted molar refractivity (Wildman–Crippen MR) is 92.0 cm³/mol. The highest BCUT2D eigenvalue weighted by Crippen LogP contribution is 2.06. The smallest absolute Gasteiger partial charge is 0.0622 e. The maximum Gasteiger partial charge on any atom is 0.157 e. The van der Waals surface area contributed by atoms with Crippen molar-refractivity contribution in [1.29, 1.82) is 0 Å². The van der Waals surface area contributed by atoms with Gasteiger partial charge in [0.25, 0.3) is 0 Å². The van der Waals surface area contributed by atoms with E-state index in [-0.39, 0.29) is 0 Å². The molecule has 2 rings (SSSR count). The molecule has 2 aromatic rings. The van der Waals surface area contributed by atoms with Gasteiger partial charge in [-0.25, -0.2) is 0 Å². The van der Waals surface area contributed by atoms with Gasteiger partial charge in [0.1, 0.15) is 5.41 Å². The first-order valence-electron chi connectivity index (χ1n) is 6.67. The van der Waals surface area contributed by atoms with E-state index in [1.807, 2.05) is 24.3 Å². The topological polar surface area (TPSA) is 0 Å². The average Bonchev–Trinajstić information content (AvgIpc) is 2.49. The van der Waals surface area contributed by atoms with E-state index in [0.717, 1.165) is 0 Å². The molecule has 20 heavy (non-hydrogen) atoms. The normalized spacial score (nSPS) is 11.8. The summed E-state index contributed by atoms with van der Waals surface area (Å²) in [6.45, 7) is 2.11. The van der Waals surface area contributed by atoms with Gasteiger partial charge in [-0.3, -0.25) is 0 Å². The first-order valence-corrected chi connectivity index (χ1v) is 7.63. The molecule has 2 aromatic carbocycles. The van der Waals surface area contributed by atoms with Gasteiger partial charge < -0.3 is 0 Å². The Morgan fingerprint density at radius 2 is 1.45 bits per heavy atom. The fourth-order valence-electron chi connectivity index (χ4n) is 1.67. The maximum atomic E-state index is 2.17. The zero-order chi connectivity index (χ0) is 14.0. The van der Waals surface area contributed by atoms with E-state index in [2.05, 4.69) is 73.0 Å². The third-order valence-electron chi connectivity index (χ3n) is 2.77. The summed E-state index contributed by atoms with van der Waals surface area (Å²) in [4.78, 5) is 1.32. The first kappa shape index (κ1) is 14.4. The van der Waals surface area contributed by atoms with Crippen LogP contribution >= 0.6 is 0 Å². The maximum absolute atomic E-state index is 2.17. The van der Waals surface area contributed by atoms with Gasteiger partial charge in [-0.1, -0.05) is 72.3 Å². The molecule has 0 aromatic heterocycles. The molecule has 0 radical (unpaired) electrons. The largest absolute Gasteiger partial charge is 0.157 e. The van der Waals surface area contributed by atoms with Crippen LogP contribution in [-0.4, -0.2) is 0 Å². The molecule has 100 valence electrons. The predicted octanol–water partition coefficient (Wildman–Crippen LogP) is 4.95. The van der Waals surface area contributed by atoms with Crippen LogP contribution in [0.3, 0.4) is 0 Å². The van der Waals surface area contributed by atoms with Gasteiger partial charge in [-0.15, -0.1) is 0 Å². The van der Waals surface area contributed by atoms with Gasteiger partial charge in [0.15, 0.2) is 4.90 Å². The van der Waals surface area contributed by atoms with Crippen LogP contribution in [0.2, 0.25) is 0 Å². The number of hydrogen-bond donors (Lipinski definition) is 0. The summed E-state index contributed by atoms with van der Waals surface area (Å²) >= 11 is 1.23. The van der Waals surface area contributed by atoms with Crippen molar-refractivity contribution in [1.82, 2.24) is 0 Å². The van der Waals surface area contributed by atoms with Crippen molar-refractivity contribution in [2.24, 2.45) is 0 Å². The van der Waals surface area contributed by atoms with Crippen LogP contribution < -0.4 is 0 Å². The van der Waals surface area contributed by atoms with E-state index in [4.69, 9.17) is 0 Å². The second kappa shape index (κ2) is 8.23. The molecular weight excluding hydrogens is 260 g/mol. The van der Waals surface area contributed by atoms with Gasteiger partial charge in [0, 0.05) is 11.8 Å². The first-order chi connectivity index (χ1) is 9.84. The minimum atomic E-state index is 1.22. The third kappa shape index (κ3) is 5.33. The Kier molecular flexibility index (Phi) is 5.94. The fourth-order valence-corrected chi connectivity index (χ4v) is 2.35. The lowest BCUT2D eigenvalue weighted by Gasteiger charge is -1.89. The van der Waals surface area contributed by atoms with Crippen LogP contribution in [-0.2, 0) is 11.8 Å². The van der Waals surface area contributed by atoms with Gasteiger partial charge in [0.05, 0.1) is 0 Å². The van der Waals surface area contributed by atoms with E-state index >= 15 is 0 Å². The summed E-state index contributed by atoms with van der Waals surface area (Å²) in [5.74, 6) is 0. The standard InChI is InChI=1S/C19H18S/c1-17-12-14-19(15-13-17)20-16-8-3-2-5-9-18-10-6-4-7-11-18/h2-16H,1H3/p+1/b3-2-,9-5-,16-8+. The summed E-state index contributed by atoms with van der Waals surface area (Å²) < 4.78 is 0. The van der Waals surface area contributed by atoms with Gasteiger partial charge >= 0.3 is 0 Å². The highest BCUT2D eigenvalue weighted by molar-refractivity contribution is 7.81. The minimum absolute atomic E-state index is 1.22. The van der Waals surface area contributed by atoms with Crippen molar-refractivity contribution in [3.05, 3.63) is 95.4 Å². The van der Waals surface area contributed by atoms with Gasteiger partial charge in [-0.05, 0) is 30.7 Å². The molecule has 0 fully saturated rings. The van der Waals surface area contributed by atoms with Crippen LogP contribution in [0.4, 0.5) is 0 Å². The highest BCUT2D eigenvalue weighted by atomic mass is 32.2. The van der Waals surface area contributed by atoms with Crippen molar-refractivity contribution >= 4 is 17.8 Å². The third-order valence-corrected chi connectivity index (χ3v) is 3.68. The number of hydrogen-bond acceptors (Lipinski definition) is 0. The van der Waals surface area contributed by atoms with Crippen LogP contribution in [0, 0.1) is 6.92 Å². The average molecular weight is 279 g/mol. The highest BCUT2D eigenvalue weighted by Gasteiger charge is 1.96. The lowest BCUT2D eigenvalue weighted by molar-refractivity contribution is 1.38. The molecule has 0 aliphatic heterocycles. The zero-order valence-corrected chi connectivity index (χ0v) is 12.5. The lowest BCUT2D eigenvalue weighted by Crippen LogP contribution is -1.77. The van der Waals surface area contributed by atoms with E-state index in [1.54, 1.807) is 0 Å². The molecule has 0 unspecified atom stereocenters. The van der Waals surface area contributed by atoms with Crippen molar-refractivity contribution in [2.45, 2.75) is 11.8 Å². The Morgan fingerprint density at radius 1 is 0.750 bits per heavy atom. The number of benzene rings is 2. The van der Waals surface area contributed by atoms with Gasteiger partial charge in [0.2, 0.25) is 0 Å². The van der Waals surface area contributed by atoms with E-state index in [1.165, 1.54) is 27.8 Å². The Hall–Kier alpha value is -1.99. The second-order valence-electron chi connectivity index (χ2n) is 4.46. The lowest BCUT2D eigenvalue weighted by atomic mass is 10.2. The molecule has 0 saturated carbocycles. The molecule has 0 heterocycles. The SMILES string of the molecule is Cc1ccc([SH+]/C=C/C=C\C=C/c2ccccc2)cc1. The molecule has 0 atom stereocenters. The van der Waals surface area contributed by atoms with Gasteiger partial charge in [-0.2, -0.15) is 0 Å².